The molecule has 2 heterocycles. The highest BCUT2D eigenvalue weighted by Crippen LogP contribution is 2.35. The van der Waals surface area contributed by atoms with E-state index in [9.17, 15) is 13.2 Å². The minimum atomic E-state index is -3.73. The SMILES string of the molecule is Cc1nn(C)c(C)c1C(=O)Nc1ccc2c(c1)N(S(=O)(=O)c1ccc(Cl)cc1)CC2. The Bertz CT molecular complexity index is 1250. The number of hydrogen-bond donors (Lipinski definition) is 1. The molecule has 156 valence electrons. The second-order valence-corrected chi connectivity index (χ2v) is 9.55. The first kappa shape index (κ1) is 20.4. The predicted octanol–water partition coefficient (Wildman–Crippen LogP) is 3.69. The second-order valence-electron chi connectivity index (χ2n) is 7.25. The standard InChI is InChI=1S/C21H21ClN4O3S/c1-13-20(14(2)25(3)24-13)21(27)23-17-7-4-15-10-11-26(19(15)12-17)30(28,29)18-8-5-16(22)6-9-18/h4-9,12H,10-11H2,1-3H3,(H,23,27). The summed E-state index contributed by atoms with van der Waals surface area (Å²) in [7, 11) is -1.94. The van der Waals surface area contributed by atoms with E-state index in [1.54, 1.807) is 42.9 Å². The van der Waals surface area contributed by atoms with E-state index in [-0.39, 0.29) is 10.8 Å². The van der Waals surface area contributed by atoms with Crippen LogP contribution in [0.3, 0.4) is 0 Å². The van der Waals surface area contributed by atoms with Gasteiger partial charge in [0.15, 0.2) is 0 Å². The Kier molecular flexibility index (Phi) is 5.07. The van der Waals surface area contributed by atoms with Gasteiger partial charge in [-0.25, -0.2) is 8.42 Å². The highest BCUT2D eigenvalue weighted by molar-refractivity contribution is 7.92. The maximum Gasteiger partial charge on any atom is 0.264 e. The zero-order valence-corrected chi connectivity index (χ0v) is 18.4. The molecule has 0 spiro atoms. The highest BCUT2D eigenvalue weighted by atomic mass is 35.5. The van der Waals surface area contributed by atoms with Gasteiger partial charge in [0.2, 0.25) is 0 Å². The van der Waals surface area contributed by atoms with Crippen molar-refractivity contribution in [1.29, 1.82) is 0 Å². The van der Waals surface area contributed by atoms with E-state index in [0.717, 1.165) is 11.3 Å². The lowest BCUT2D eigenvalue weighted by atomic mass is 10.1. The molecule has 2 aromatic carbocycles. The monoisotopic (exact) mass is 444 g/mol. The van der Waals surface area contributed by atoms with Gasteiger partial charge in [-0.15, -0.1) is 0 Å². The molecule has 0 saturated heterocycles. The average molecular weight is 445 g/mol. The third-order valence-electron chi connectivity index (χ3n) is 5.33. The number of fused-ring (bicyclic) bond motifs is 1. The fraction of sp³-hybridized carbons (Fsp3) is 0.238. The van der Waals surface area contributed by atoms with Crippen LogP contribution in [0.1, 0.15) is 27.3 Å². The maximum absolute atomic E-state index is 13.1. The average Bonchev–Trinajstić information content (AvgIpc) is 3.22. The van der Waals surface area contributed by atoms with Crippen LogP contribution in [0.15, 0.2) is 47.4 Å². The fourth-order valence-corrected chi connectivity index (χ4v) is 5.33. The van der Waals surface area contributed by atoms with Gasteiger partial charge >= 0.3 is 0 Å². The molecule has 30 heavy (non-hydrogen) atoms. The van der Waals surface area contributed by atoms with Crippen molar-refractivity contribution in [3.8, 4) is 0 Å². The van der Waals surface area contributed by atoms with Crippen molar-refractivity contribution < 1.29 is 13.2 Å². The molecule has 1 aliphatic rings. The summed E-state index contributed by atoms with van der Waals surface area (Å²) >= 11 is 5.89. The number of sulfonamides is 1. The largest absolute Gasteiger partial charge is 0.322 e. The first-order chi connectivity index (χ1) is 14.2. The van der Waals surface area contributed by atoms with Crippen molar-refractivity contribution in [3.05, 3.63) is 70.0 Å². The number of benzene rings is 2. The van der Waals surface area contributed by atoms with Crippen molar-refractivity contribution in [2.75, 3.05) is 16.2 Å². The van der Waals surface area contributed by atoms with Gasteiger partial charge in [0.25, 0.3) is 15.9 Å². The minimum Gasteiger partial charge on any atom is -0.322 e. The molecule has 0 aliphatic carbocycles. The van der Waals surface area contributed by atoms with E-state index in [1.807, 2.05) is 13.0 Å². The Morgan fingerprint density at radius 3 is 2.47 bits per heavy atom. The van der Waals surface area contributed by atoms with E-state index in [1.165, 1.54) is 16.4 Å². The van der Waals surface area contributed by atoms with Gasteiger partial charge in [0.1, 0.15) is 0 Å². The van der Waals surface area contributed by atoms with Crippen LogP contribution in [-0.4, -0.2) is 30.7 Å². The molecule has 7 nitrogen and oxygen atoms in total. The van der Waals surface area contributed by atoms with Gasteiger partial charge in [0.05, 0.1) is 21.8 Å². The van der Waals surface area contributed by atoms with Gasteiger partial charge in [-0.05, 0) is 62.2 Å². The topological polar surface area (TPSA) is 84.3 Å². The number of carbonyl (C=O) groups excluding carboxylic acids is 1. The van der Waals surface area contributed by atoms with E-state index in [4.69, 9.17) is 11.6 Å². The summed E-state index contributed by atoms with van der Waals surface area (Å²) in [5.41, 5.74) is 3.93. The van der Waals surface area contributed by atoms with E-state index in [2.05, 4.69) is 10.4 Å². The molecule has 3 aromatic rings. The lowest BCUT2D eigenvalue weighted by Crippen LogP contribution is -2.29. The number of nitrogens with zero attached hydrogens (tertiary/aromatic N) is 3. The lowest BCUT2D eigenvalue weighted by Gasteiger charge is -2.20. The van der Waals surface area contributed by atoms with Gasteiger partial charge in [-0.1, -0.05) is 17.7 Å². The van der Waals surface area contributed by atoms with Crippen molar-refractivity contribution in [2.24, 2.45) is 7.05 Å². The second kappa shape index (κ2) is 7.45. The summed E-state index contributed by atoms with van der Waals surface area (Å²) in [5.74, 6) is -0.275. The minimum absolute atomic E-state index is 0.177. The number of aryl methyl sites for hydroxylation is 2. The molecule has 9 heteroatoms. The van der Waals surface area contributed by atoms with Crippen LogP contribution < -0.4 is 9.62 Å². The molecular formula is C21H21ClN4O3S. The smallest absolute Gasteiger partial charge is 0.264 e. The Labute approximate surface area is 180 Å². The van der Waals surface area contributed by atoms with Crippen LogP contribution >= 0.6 is 11.6 Å². The van der Waals surface area contributed by atoms with Crippen LogP contribution in [-0.2, 0) is 23.5 Å². The molecule has 4 rings (SSSR count). The van der Waals surface area contributed by atoms with E-state index >= 15 is 0 Å². The van der Waals surface area contributed by atoms with Crippen molar-refractivity contribution in [1.82, 2.24) is 9.78 Å². The van der Waals surface area contributed by atoms with Gasteiger partial charge in [0, 0.05) is 30.0 Å². The van der Waals surface area contributed by atoms with Crippen molar-refractivity contribution in [3.63, 3.8) is 0 Å². The Hall–Kier alpha value is -2.84. The molecular weight excluding hydrogens is 424 g/mol. The molecule has 1 aliphatic heterocycles. The maximum atomic E-state index is 13.1. The summed E-state index contributed by atoms with van der Waals surface area (Å²) in [6.45, 7) is 3.96. The zero-order valence-electron chi connectivity index (χ0n) is 16.8. The molecule has 1 amide bonds. The van der Waals surface area contributed by atoms with Crippen LogP contribution in [0.25, 0.3) is 0 Å². The van der Waals surface area contributed by atoms with Crippen LogP contribution in [0, 0.1) is 13.8 Å². The molecule has 0 unspecified atom stereocenters. The molecule has 0 fully saturated rings. The van der Waals surface area contributed by atoms with Crippen molar-refractivity contribution in [2.45, 2.75) is 25.2 Å². The van der Waals surface area contributed by atoms with Crippen molar-refractivity contribution >= 4 is 38.9 Å². The highest BCUT2D eigenvalue weighted by Gasteiger charge is 2.31. The summed E-state index contributed by atoms with van der Waals surface area (Å²) in [6.07, 6.45) is 0.608. The van der Waals surface area contributed by atoms with Crippen LogP contribution in [0.2, 0.25) is 5.02 Å². The molecule has 0 bridgehead atoms. The quantitative estimate of drug-likeness (QED) is 0.665. The third kappa shape index (κ3) is 3.46. The fourth-order valence-electron chi connectivity index (χ4n) is 3.71. The van der Waals surface area contributed by atoms with Gasteiger partial charge in [-0.3, -0.25) is 13.8 Å². The normalized spacial score (nSPS) is 13.4. The number of amides is 1. The molecule has 1 aromatic heterocycles. The Balaban J connectivity index is 1.65. The first-order valence-corrected chi connectivity index (χ1v) is 11.2. The number of rotatable bonds is 4. The summed E-state index contributed by atoms with van der Waals surface area (Å²) in [4.78, 5) is 13.0. The number of hydrogen-bond acceptors (Lipinski definition) is 4. The predicted molar refractivity (Wildman–Crippen MR) is 117 cm³/mol. The van der Waals surface area contributed by atoms with Gasteiger partial charge in [-0.2, -0.15) is 5.10 Å². The van der Waals surface area contributed by atoms with Gasteiger partial charge < -0.3 is 5.32 Å². The number of anilines is 2. The number of aromatic nitrogens is 2. The Morgan fingerprint density at radius 1 is 1.13 bits per heavy atom. The zero-order chi connectivity index (χ0) is 21.6. The summed E-state index contributed by atoms with van der Waals surface area (Å²) < 4.78 is 29.3. The van der Waals surface area contributed by atoms with E-state index in [0.29, 0.717) is 40.6 Å². The van der Waals surface area contributed by atoms with E-state index < -0.39 is 10.0 Å². The first-order valence-electron chi connectivity index (χ1n) is 9.41. The summed E-state index contributed by atoms with van der Waals surface area (Å²) in [6, 6.07) is 11.4. The number of nitrogens with one attached hydrogen (secondary N) is 1. The summed E-state index contributed by atoms with van der Waals surface area (Å²) in [5, 5.41) is 7.62. The third-order valence-corrected chi connectivity index (χ3v) is 7.41. The number of carbonyl (C=O) groups is 1. The molecule has 0 saturated carbocycles. The Morgan fingerprint density at radius 2 is 1.83 bits per heavy atom. The lowest BCUT2D eigenvalue weighted by molar-refractivity contribution is 0.102. The van der Waals surface area contributed by atoms with Crippen LogP contribution in [0.5, 0.6) is 0 Å². The van der Waals surface area contributed by atoms with Crippen LogP contribution in [0.4, 0.5) is 11.4 Å². The molecule has 1 N–H and O–H groups in total. The molecule has 0 radical (unpaired) electrons. The molecule has 0 atom stereocenters. The number of halogens is 1.